The number of fused-ring (bicyclic) bond motifs is 1. The second kappa shape index (κ2) is 4.20. The molecule has 0 aliphatic rings. The van der Waals surface area contributed by atoms with Gasteiger partial charge in [0, 0.05) is 11.2 Å². The van der Waals surface area contributed by atoms with E-state index in [1.54, 1.807) is 16.8 Å². The summed E-state index contributed by atoms with van der Waals surface area (Å²) in [5, 5.41) is 0.295. The zero-order valence-electron chi connectivity index (χ0n) is 10.1. The number of nitrogen functional groups attached to an aromatic ring is 1. The number of hydrogen-bond donors (Lipinski definition) is 1. The van der Waals surface area contributed by atoms with E-state index in [1.807, 2.05) is 13.0 Å². The van der Waals surface area contributed by atoms with Crippen LogP contribution in [0.2, 0.25) is 5.02 Å². The van der Waals surface area contributed by atoms with Gasteiger partial charge in [-0.3, -0.25) is 4.57 Å². The molecule has 2 N–H and O–H groups in total. The quantitative estimate of drug-likeness (QED) is 0.743. The maximum absolute atomic E-state index is 13.4. The Morgan fingerprint density at radius 2 is 2.05 bits per heavy atom. The Hall–Kier alpha value is -2.14. The normalized spacial score (nSPS) is 11.1. The number of aromatic nitrogens is 3. The molecule has 1 aromatic carbocycles. The summed E-state index contributed by atoms with van der Waals surface area (Å²) < 4.78 is 15.0. The third kappa shape index (κ3) is 2.02. The van der Waals surface area contributed by atoms with E-state index in [2.05, 4.69) is 9.97 Å². The Kier molecular flexibility index (Phi) is 2.64. The maximum Gasteiger partial charge on any atom is 0.207 e. The SMILES string of the molecule is Cc1cnc2c(c1)nc(N)n2-c1cc(F)cc(Cl)c1. The van der Waals surface area contributed by atoms with Crippen LogP contribution >= 0.6 is 11.6 Å². The topological polar surface area (TPSA) is 56.7 Å². The molecule has 0 bridgehead atoms. The fraction of sp³-hybridized carbons (Fsp3) is 0.0769. The van der Waals surface area contributed by atoms with Gasteiger partial charge in [0.1, 0.15) is 11.3 Å². The van der Waals surface area contributed by atoms with E-state index in [0.717, 1.165) is 5.56 Å². The molecule has 0 radical (unpaired) electrons. The first-order valence-electron chi connectivity index (χ1n) is 5.61. The maximum atomic E-state index is 13.4. The van der Waals surface area contributed by atoms with Gasteiger partial charge in [-0.2, -0.15) is 0 Å². The van der Waals surface area contributed by atoms with Crippen molar-refractivity contribution in [1.29, 1.82) is 0 Å². The van der Waals surface area contributed by atoms with E-state index < -0.39 is 5.82 Å². The summed E-state index contributed by atoms with van der Waals surface area (Å²) in [6.07, 6.45) is 1.71. The summed E-state index contributed by atoms with van der Waals surface area (Å²) in [4.78, 5) is 8.51. The van der Waals surface area contributed by atoms with Gasteiger partial charge in [-0.25, -0.2) is 14.4 Å². The largest absolute Gasteiger partial charge is 0.369 e. The summed E-state index contributed by atoms with van der Waals surface area (Å²) in [5.41, 5.74) is 8.60. The second-order valence-corrected chi connectivity index (χ2v) is 4.72. The summed E-state index contributed by atoms with van der Waals surface area (Å²) in [7, 11) is 0. The summed E-state index contributed by atoms with van der Waals surface area (Å²) in [5.74, 6) is -0.189. The molecule has 0 spiro atoms. The fourth-order valence-corrected chi connectivity index (χ4v) is 2.22. The van der Waals surface area contributed by atoms with Crippen LogP contribution in [0.4, 0.5) is 10.3 Å². The molecular weight excluding hydrogens is 267 g/mol. The predicted molar refractivity (Wildman–Crippen MR) is 73.0 cm³/mol. The van der Waals surface area contributed by atoms with Crippen molar-refractivity contribution in [2.45, 2.75) is 6.92 Å². The Morgan fingerprint density at radius 1 is 1.26 bits per heavy atom. The lowest BCUT2D eigenvalue weighted by atomic mass is 10.3. The fourth-order valence-electron chi connectivity index (χ4n) is 2.01. The number of benzene rings is 1. The molecule has 2 aromatic heterocycles. The molecule has 2 heterocycles. The zero-order chi connectivity index (χ0) is 13.6. The van der Waals surface area contributed by atoms with Gasteiger partial charge in [0.25, 0.3) is 0 Å². The van der Waals surface area contributed by atoms with E-state index in [4.69, 9.17) is 17.3 Å². The van der Waals surface area contributed by atoms with Gasteiger partial charge in [0.05, 0.1) is 5.69 Å². The van der Waals surface area contributed by atoms with Crippen LogP contribution in [0, 0.1) is 12.7 Å². The highest BCUT2D eigenvalue weighted by molar-refractivity contribution is 6.30. The number of nitrogens with two attached hydrogens (primary N) is 1. The van der Waals surface area contributed by atoms with Crippen LogP contribution in [-0.2, 0) is 0 Å². The van der Waals surface area contributed by atoms with Crippen LogP contribution in [0.15, 0.2) is 30.5 Å². The lowest BCUT2D eigenvalue weighted by molar-refractivity contribution is 0.627. The Morgan fingerprint density at radius 3 is 2.79 bits per heavy atom. The molecule has 19 heavy (non-hydrogen) atoms. The van der Waals surface area contributed by atoms with Crippen molar-refractivity contribution in [2.24, 2.45) is 0 Å². The van der Waals surface area contributed by atoms with Crippen molar-refractivity contribution in [3.8, 4) is 5.69 Å². The highest BCUT2D eigenvalue weighted by Crippen LogP contribution is 2.24. The first-order valence-corrected chi connectivity index (χ1v) is 5.99. The molecule has 96 valence electrons. The molecule has 4 nitrogen and oxygen atoms in total. The van der Waals surface area contributed by atoms with Crippen molar-refractivity contribution < 1.29 is 4.39 Å². The molecule has 0 fully saturated rings. The number of anilines is 1. The van der Waals surface area contributed by atoms with Gasteiger partial charge >= 0.3 is 0 Å². The minimum Gasteiger partial charge on any atom is -0.369 e. The first kappa shape index (κ1) is 11.9. The molecule has 3 rings (SSSR count). The lowest BCUT2D eigenvalue weighted by Gasteiger charge is -2.06. The van der Waals surface area contributed by atoms with E-state index in [0.29, 0.717) is 21.9 Å². The van der Waals surface area contributed by atoms with Crippen LogP contribution in [0.25, 0.3) is 16.9 Å². The third-order valence-corrected chi connectivity index (χ3v) is 2.98. The number of hydrogen-bond acceptors (Lipinski definition) is 3. The van der Waals surface area contributed by atoms with E-state index >= 15 is 0 Å². The van der Waals surface area contributed by atoms with Gasteiger partial charge in [0.15, 0.2) is 5.65 Å². The summed E-state index contributed by atoms with van der Waals surface area (Å²) in [6.45, 7) is 1.92. The molecule has 0 aliphatic carbocycles. The monoisotopic (exact) mass is 276 g/mol. The van der Waals surface area contributed by atoms with Gasteiger partial charge in [-0.1, -0.05) is 11.6 Å². The van der Waals surface area contributed by atoms with E-state index in [-0.39, 0.29) is 5.95 Å². The molecule has 0 unspecified atom stereocenters. The Labute approximate surface area is 113 Å². The molecule has 0 aliphatic heterocycles. The number of rotatable bonds is 1. The number of imidazole rings is 1. The van der Waals surface area contributed by atoms with Crippen LogP contribution in [0.5, 0.6) is 0 Å². The minimum atomic E-state index is -0.434. The molecule has 0 atom stereocenters. The smallest absolute Gasteiger partial charge is 0.207 e. The molecule has 3 aromatic rings. The first-order chi connectivity index (χ1) is 9.04. The molecule has 0 saturated heterocycles. The van der Waals surface area contributed by atoms with Gasteiger partial charge in [-0.15, -0.1) is 0 Å². The standard InChI is InChI=1S/C13H10ClFN4/c1-7-2-11-12(17-6-7)19(13(16)18-11)10-4-8(14)3-9(15)5-10/h2-6H,1H3,(H2,16,18). The third-order valence-electron chi connectivity index (χ3n) is 2.77. The number of nitrogens with zero attached hydrogens (tertiary/aromatic N) is 3. The van der Waals surface area contributed by atoms with E-state index in [1.165, 1.54) is 12.1 Å². The number of halogens is 2. The minimum absolute atomic E-state index is 0.245. The lowest BCUT2D eigenvalue weighted by Crippen LogP contribution is -2.02. The highest BCUT2D eigenvalue weighted by Gasteiger charge is 2.12. The van der Waals surface area contributed by atoms with Crippen LogP contribution < -0.4 is 5.73 Å². The van der Waals surface area contributed by atoms with Crippen molar-refractivity contribution in [2.75, 3.05) is 5.73 Å². The molecule has 0 amide bonds. The van der Waals surface area contributed by atoms with Crippen molar-refractivity contribution in [1.82, 2.24) is 14.5 Å². The number of pyridine rings is 1. The van der Waals surface area contributed by atoms with Crippen molar-refractivity contribution >= 4 is 28.7 Å². The van der Waals surface area contributed by atoms with Gasteiger partial charge in [0.2, 0.25) is 5.95 Å². The van der Waals surface area contributed by atoms with Crippen LogP contribution in [-0.4, -0.2) is 14.5 Å². The molecular formula is C13H10ClFN4. The molecule has 0 saturated carbocycles. The van der Waals surface area contributed by atoms with Crippen LogP contribution in [0.3, 0.4) is 0 Å². The summed E-state index contributed by atoms with van der Waals surface area (Å²) in [6, 6.07) is 6.06. The van der Waals surface area contributed by atoms with E-state index in [9.17, 15) is 4.39 Å². The average Bonchev–Trinajstić information content (AvgIpc) is 2.62. The molecule has 6 heteroatoms. The Balaban J connectivity index is 2.32. The number of aryl methyl sites for hydroxylation is 1. The van der Waals surface area contributed by atoms with Crippen molar-refractivity contribution in [3.05, 3.63) is 46.9 Å². The van der Waals surface area contributed by atoms with Gasteiger partial charge in [-0.05, 0) is 36.8 Å². The second-order valence-electron chi connectivity index (χ2n) is 4.29. The predicted octanol–water partition coefficient (Wildman–Crippen LogP) is 3.10. The zero-order valence-corrected chi connectivity index (χ0v) is 10.8. The highest BCUT2D eigenvalue weighted by atomic mass is 35.5. The summed E-state index contributed by atoms with van der Waals surface area (Å²) >= 11 is 5.86. The van der Waals surface area contributed by atoms with Crippen molar-refractivity contribution in [3.63, 3.8) is 0 Å². The van der Waals surface area contributed by atoms with Gasteiger partial charge < -0.3 is 5.73 Å². The Bertz CT molecular complexity index is 761. The average molecular weight is 277 g/mol. The van der Waals surface area contributed by atoms with Crippen LogP contribution in [0.1, 0.15) is 5.56 Å².